The van der Waals surface area contributed by atoms with Gasteiger partial charge in [0.15, 0.2) is 12.6 Å². The number of amides is 1. The van der Waals surface area contributed by atoms with E-state index >= 15 is 0 Å². The Kier molecular flexibility index (Phi) is 49.5. The van der Waals surface area contributed by atoms with E-state index in [-0.39, 0.29) is 18.9 Å². The lowest BCUT2D eigenvalue weighted by Crippen LogP contribution is -2.65. The van der Waals surface area contributed by atoms with Crippen molar-refractivity contribution in [2.45, 2.75) is 338 Å². The molecule has 0 aliphatic carbocycles. The maximum atomic E-state index is 13.3. The van der Waals surface area contributed by atoms with Crippen molar-refractivity contribution < 1.29 is 64.6 Å². The Morgan fingerprint density at radius 1 is 0.446 bits per heavy atom. The van der Waals surface area contributed by atoms with Gasteiger partial charge in [-0.25, -0.2) is 0 Å². The highest BCUT2D eigenvalue weighted by atomic mass is 16.7. The number of carbonyl (C=O) groups is 1. The molecule has 2 fully saturated rings. The third-order valence-corrected chi connectivity index (χ3v) is 16.1. The van der Waals surface area contributed by atoms with Gasteiger partial charge in [0.2, 0.25) is 5.91 Å². The van der Waals surface area contributed by atoms with Crippen molar-refractivity contribution >= 4 is 5.91 Å². The molecule has 0 aromatic heterocycles. The molecule has 2 aliphatic heterocycles. The lowest BCUT2D eigenvalue weighted by molar-refractivity contribution is -0.359. The van der Waals surface area contributed by atoms with Gasteiger partial charge in [-0.2, -0.15) is 0 Å². The van der Waals surface area contributed by atoms with E-state index in [0.29, 0.717) is 12.8 Å². The van der Waals surface area contributed by atoms with Crippen LogP contribution in [-0.2, 0) is 23.7 Å². The van der Waals surface area contributed by atoms with Crippen LogP contribution < -0.4 is 5.32 Å². The molecule has 0 bridgehead atoms. The summed E-state index contributed by atoms with van der Waals surface area (Å²) < 4.78 is 22.8. The zero-order chi connectivity index (χ0) is 60.2. The minimum atomic E-state index is -1.80. The highest BCUT2D eigenvalue weighted by Crippen LogP contribution is 2.30. The summed E-state index contributed by atoms with van der Waals surface area (Å²) in [5.74, 6) is -0.263. The second kappa shape index (κ2) is 53.7. The number of hydrogen-bond donors (Lipinski definition) is 9. The summed E-state index contributed by atoms with van der Waals surface area (Å²) in [6.07, 6.45) is 55.3. The van der Waals surface area contributed by atoms with Gasteiger partial charge in [-0.3, -0.25) is 4.79 Å². The molecule has 12 unspecified atom stereocenters. The fraction of sp³-hybridized carbons (Fsp3) is 0.812. The van der Waals surface area contributed by atoms with E-state index in [0.717, 1.165) is 77.0 Å². The summed E-state index contributed by atoms with van der Waals surface area (Å²) >= 11 is 0. The number of aliphatic hydroxyl groups excluding tert-OH is 8. The van der Waals surface area contributed by atoms with E-state index in [1.165, 1.54) is 154 Å². The van der Waals surface area contributed by atoms with Crippen LogP contribution in [0.2, 0.25) is 0 Å². The van der Waals surface area contributed by atoms with Gasteiger partial charge >= 0.3 is 0 Å². The quantitative estimate of drug-likeness (QED) is 0.0204. The molecular weight excluding hydrogens is 1050 g/mol. The van der Waals surface area contributed by atoms with E-state index in [9.17, 15) is 45.6 Å². The zero-order valence-electron chi connectivity index (χ0n) is 52.2. The smallest absolute Gasteiger partial charge is 0.220 e. The molecule has 14 heteroatoms. The minimum Gasteiger partial charge on any atom is -0.394 e. The van der Waals surface area contributed by atoms with Crippen LogP contribution in [0.4, 0.5) is 0 Å². The topological polar surface area (TPSA) is 228 Å². The van der Waals surface area contributed by atoms with Crippen molar-refractivity contribution in [2.24, 2.45) is 0 Å². The predicted octanol–water partition coefficient (Wildman–Crippen LogP) is 13.1. The molecule has 2 rings (SSSR count). The number of allylic oxidation sites excluding steroid dienone is 11. The largest absolute Gasteiger partial charge is 0.394 e. The molecule has 482 valence electrons. The highest BCUT2D eigenvalue weighted by Gasteiger charge is 2.51. The number of unbranched alkanes of at least 4 members (excludes halogenated alkanes) is 31. The van der Waals surface area contributed by atoms with E-state index in [4.69, 9.17) is 18.9 Å². The summed E-state index contributed by atoms with van der Waals surface area (Å²) in [6, 6.07) is -0.945. The van der Waals surface area contributed by atoms with Gasteiger partial charge in [-0.05, 0) is 70.6 Å². The Morgan fingerprint density at radius 3 is 1.33 bits per heavy atom. The number of aliphatic hydroxyl groups is 8. The average Bonchev–Trinajstić information content (AvgIpc) is 3.64. The van der Waals surface area contributed by atoms with Crippen LogP contribution in [0.15, 0.2) is 72.9 Å². The van der Waals surface area contributed by atoms with Crippen molar-refractivity contribution in [3.63, 3.8) is 0 Å². The van der Waals surface area contributed by atoms with Crippen molar-refractivity contribution in [1.29, 1.82) is 0 Å². The van der Waals surface area contributed by atoms with Crippen molar-refractivity contribution in [1.82, 2.24) is 5.32 Å². The Balaban J connectivity index is 1.71. The molecular formula is C69H123NO13. The second-order valence-corrected chi connectivity index (χ2v) is 23.6. The molecule has 2 saturated heterocycles. The van der Waals surface area contributed by atoms with Crippen LogP contribution in [0.1, 0.15) is 264 Å². The van der Waals surface area contributed by atoms with Crippen LogP contribution in [0.3, 0.4) is 0 Å². The van der Waals surface area contributed by atoms with Crippen LogP contribution in [0.25, 0.3) is 0 Å². The van der Waals surface area contributed by atoms with Gasteiger partial charge in [-0.15, -0.1) is 0 Å². The summed E-state index contributed by atoms with van der Waals surface area (Å²) in [6.45, 7) is 2.68. The Morgan fingerprint density at radius 2 is 0.843 bits per heavy atom. The standard InChI is InChI=1S/C69H123NO13/c1-3-5-7-9-11-13-15-17-19-21-23-24-25-26-27-28-29-30-31-32-33-35-36-38-40-42-44-46-48-50-52-58(73)57(70-61(74)53-51-49-47-45-43-41-39-37-34-22-20-18-16-14-12-10-8-6-4-2)56-80-68-66(79)64(77)67(60(55-72)82-68)83-69-65(78)63(76)62(75)59(54-71)81-69/h6,8,12,14,18,20,34,37,42,44,50,52,57-60,62-69,71-73,75-79H,3-5,7,9-11,13,15-17,19,21-33,35-36,38-41,43,45-49,51,53-56H2,1-2H3,(H,70,74)/b8-6-,14-12-,20-18-,37-34-,44-42+,52-50+. The van der Waals surface area contributed by atoms with Crippen molar-refractivity contribution in [3.8, 4) is 0 Å². The van der Waals surface area contributed by atoms with Gasteiger partial charge in [0.25, 0.3) is 0 Å². The van der Waals surface area contributed by atoms with Crippen LogP contribution in [-0.4, -0.2) is 140 Å². The number of carbonyl (C=O) groups excluding carboxylic acids is 1. The Hall–Kier alpha value is -2.57. The highest BCUT2D eigenvalue weighted by molar-refractivity contribution is 5.76. The third kappa shape index (κ3) is 38.4. The molecule has 83 heavy (non-hydrogen) atoms. The molecule has 2 aliphatic rings. The summed E-state index contributed by atoms with van der Waals surface area (Å²) in [5.41, 5.74) is 0. The van der Waals surface area contributed by atoms with Crippen molar-refractivity contribution in [3.05, 3.63) is 72.9 Å². The molecule has 0 aromatic carbocycles. The Labute approximate surface area is 504 Å². The average molecular weight is 1170 g/mol. The molecule has 9 N–H and O–H groups in total. The molecule has 0 saturated carbocycles. The second-order valence-electron chi connectivity index (χ2n) is 23.6. The maximum Gasteiger partial charge on any atom is 0.220 e. The van der Waals surface area contributed by atoms with E-state index < -0.39 is 86.8 Å². The summed E-state index contributed by atoms with van der Waals surface area (Å²) in [7, 11) is 0. The summed E-state index contributed by atoms with van der Waals surface area (Å²) in [4.78, 5) is 13.3. The lowest BCUT2D eigenvalue weighted by atomic mass is 9.97. The van der Waals surface area contributed by atoms with Gasteiger partial charge in [0.05, 0.1) is 32.0 Å². The van der Waals surface area contributed by atoms with Gasteiger partial charge in [0, 0.05) is 6.42 Å². The molecule has 2 heterocycles. The van der Waals surface area contributed by atoms with E-state index in [1.54, 1.807) is 6.08 Å². The van der Waals surface area contributed by atoms with E-state index in [1.807, 2.05) is 6.08 Å². The fourth-order valence-corrected chi connectivity index (χ4v) is 10.8. The molecule has 1 amide bonds. The summed E-state index contributed by atoms with van der Waals surface area (Å²) in [5, 5.41) is 87.3. The van der Waals surface area contributed by atoms with Crippen LogP contribution in [0.5, 0.6) is 0 Å². The first-order valence-corrected chi connectivity index (χ1v) is 33.7. The first-order chi connectivity index (χ1) is 40.6. The molecule has 0 spiro atoms. The zero-order valence-corrected chi connectivity index (χ0v) is 52.2. The first-order valence-electron chi connectivity index (χ1n) is 33.7. The van der Waals surface area contributed by atoms with Gasteiger partial charge in [-0.1, -0.05) is 260 Å². The van der Waals surface area contributed by atoms with Gasteiger partial charge in [0.1, 0.15) is 48.8 Å². The molecule has 0 radical (unpaired) electrons. The monoisotopic (exact) mass is 1170 g/mol. The maximum absolute atomic E-state index is 13.3. The normalized spacial score (nSPS) is 24.3. The first kappa shape index (κ1) is 76.5. The number of nitrogens with one attached hydrogen (secondary N) is 1. The predicted molar refractivity (Wildman–Crippen MR) is 337 cm³/mol. The number of hydrogen-bond acceptors (Lipinski definition) is 13. The fourth-order valence-electron chi connectivity index (χ4n) is 10.8. The minimum absolute atomic E-state index is 0.254. The third-order valence-electron chi connectivity index (χ3n) is 16.1. The number of ether oxygens (including phenoxy) is 4. The van der Waals surface area contributed by atoms with E-state index in [2.05, 4.69) is 79.9 Å². The molecule has 12 atom stereocenters. The van der Waals surface area contributed by atoms with Crippen molar-refractivity contribution in [2.75, 3.05) is 19.8 Å². The lowest BCUT2D eigenvalue weighted by Gasteiger charge is -2.46. The van der Waals surface area contributed by atoms with Gasteiger partial charge < -0.3 is 65.1 Å². The SMILES string of the molecule is CC/C=C\C/C=C\C/C=C\C/C=C\CCCCCCCCC(=O)NC(COC1OC(CO)C(OC2OC(CO)C(O)C(O)C2O)C(O)C1O)C(O)/C=C/CC/C=C/CCCCCCCCCCCCCCCCCCCCCCCCCC. The molecule has 0 aromatic rings. The Bertz CT molecular complexity index is 1670. The van der Waals surface area contributed by atoms with Crippen LogP contribution >= 0.6 is 0 Å². The molecule has 14 nitrogen and oxygen atoms in total. The number of rotatable bonds is 54. The van der Waals surface area contributed by atoms with Crippen LogP contribution in [0, 0.1) is 0 Å².